The van der Waals surface area contributed by atoms with E-state index in [0.29, 0.717) is 5.69 Å². The number of H-pyrrole nitrogens is 1. The molecule has 0 fully saturated rings. The molecule has 0 radical (unpaired) electrons. The largest absolute Gasteiger partial charge is 0.390 e. The number of hydrogen-bond donors (Lipinski definition) is 2. The Kier molecular flexibility index (Phi) is 5.08. The molecule has 5 nitrogen and oxygen atoms in total. The second kappa shape index (κ2) is 7.42. The second-order valence-corrected chi connectivity index (χ2v) is 5.96. The third kappa shape index (κ3) is 3.45. The zero-order chi connectivity index (χ0) is 16.1. The molecule has 0 atom stereocenters. The molecule has 0 saturated carbocycles. The number of aryl methyl sites for hydroxylation is 1. The van der Waals surface area contributed by atoms with Gasteiger partial charge in [-0.15, -0.1) is 5.10 Å². The summed E-state index contributed by atoms with van der Waals surface area (Å²) in [7, 11) is 0. The molecule has 2 heterocycles. The number of benzene rings is 1. The van der Waals surface area contributed by atoms with Gasteiger partial charge >= 0.3 is 0 Å². The van der Waals surface area contributed by atoms with Gasteiger partial charge in [0.2, 0.25) is 0 Å². The molecule has 0 amide bonds. The van der Waals surface area contributed by atoms with Crippen LogP contribution < -0.4 is 0 Å². The number of nitrogens with one attached hydrogen (secondary N) is 1. The average molecular weight is 312 g/mol. The Morgan fingerprint density at radius 1 is 1.17 bits per heavy atom. The number of rotatable bonds is 8. The molecule has 0 bridgehead atoms. The zero-order valence-electron chi connectivity index (χ0n) is 13.6. The predicted molar refractivity (Wildman–Crippen MR) is 91.2 cm³/mol. The number of aliphatic hydroxyl groups excluding tert-OH is 1. The van der Waals surface area contributed by atoms with E-state index in [4.69, 9.17) is 0 Å². The maximum Gasteiger partial charge on any atom is 0.112 e. The number of nitrogens with zero attached hydrogens (tertiary/aromatic N) is 3. The molecule has 0 unspecified atom stereocenters. The van der Waals surface area contributed by atoms with E-state index in [0.717, 1.165) is 30.6 Å². The lowest BCUT2D eigenvalue weighted by Crippen LogP contribution is -2.07. The van der Waals surface area contributed by atoms with Crippen LogP contribution in [0.25, 0.3) is 10.9 Å². The summed E-state index contributed by atoms with van der Waals surface area (Å²) < 4.78 is 1.96. The van der Waals surface area contributed by atoms with Crippen LogP contribution in [0.3, 0.4) is 0 Å². The lowest BCUT2D eigenvalue weighted by Gasteiger charge is -2.07. The van der Waals surface area contributed by atoms with Crippen LogP contribution >= 0.6 is 0 Å². The quantitative estimate of drug-likeness (QED) is 0.626. The van der Waals surface area contributed by atoms with Crippen LogP contribution in [0.1, 0.15) is 49.6 Å². The average Bonchev–Trinajstić information content (AvgIpc) is 3.17. The van der Waals surface area contributed by atoms with Crippen LogP contribution in [0.15, 0.2) is 30.5 Å². The summed E-state index contributed by atoms with van der Waals surface area (Å²) in [5.74, 6) is 0. The molecule has 2 N–H and O–H groups in total. The van der Waals surface area contributed by atoms with E-state index in [-0.39, 0.29) is 6.61 Å². The minimum Gasteiger partial charge on any atom is -0.390 e. The van der Waals surface area contributed by atoms with E-state index in [1.165, 1.54) is 30.2 Å². The van der Waals surface area contributed by atoms with Gasteiger partial charge in [0.05, 0.1) is 12.3 Å². The Bertz CT molecular complexity index is 759. The maximum absolute atomic E-state index is 9.56. The monoisotopic (exact) mass is 312 g/mol. The number of hydrogen-bond acceptors (Lipinski definition) is 3. The Morgan fingerprint density at radius 2 is 2.04 bits per heavy atom. The zero-order valence-corrected chi connectivity index (χ0v) is 13.6. The van der Waals surface area contributed by atoms with Gasteiger partial charge < -0.3 is 10.1 Å². The SMILES string of the molecule is CCCCCCn1nnc(CO)c1Cc1c[nH]c2ccccc12. The van der Waals surface area contributed by atoms with Gasteiger partial charge in [-0.1, -0.05) is 49.6 Å². The molecule has 0 aliphatic heterocycles. The van der Waals surface area contributed by atoms with Gasteiger partial charge in [-0.25, -0.2) is 4.68 Å². The van der Waals surface area contributed by atoms with Crippen molar-refractivity contribution in [2.45, 2.75) is 52.2 Å². The van der Waals surface area contributed by atoms with Crippen LogP contribution in [0.5, 0.6) is 0 Å². The van der Waals surface area contributed by atoms with Crippen molar-refractivity contribution in [2.24, 2.45) is 0 Å². The number of para-hydroxylation sites is 1. The first-order chi connectivity index (χ1) is 11.3. The van der Waals surface area contributed by atoms with E-state index in [2.05, 4.69) is 34.4 Å². The molecule has 122 valence electrons. The van der Waals surface area contributed by atoms with Crippen LogP contribution in [0, 0.1) is 0 Å². The first kappa shape index (κ1) is 15.7. The van der Waals surface area contributed by atoms with Crippen molar-refractivity contribution in [3.8, 4) is 0 Å². The first-order valence-corrected chi connectivity index (χ1v) is 8.40. The van der Waals surface area contributed by atoms with Crippen molar-refractivity contribution in [2.75, 3.05) is 0 Å². The van der Waals surface area contributed by atoms with E-state index < -0.39 is 0 Å². The number of fused-ring (bicyclic) bond motifs is 1. The summed E-state index contributed by atoms with van der Waals surface area (Å²) in [6, 6.07) is 8.27. The van der Waals surface area contributed by atoms with Crippen molar-refractivity contribution >= 4 is 10.9 Å². The first-order valence-electron chi connectivity index (χ1n) is 8.40. The fourth-order valence-corrected chi connectivity index (χ4v) is 3.01. The number of aliphatic hydroxyl groups is 1. The smallest absolute Gasteiger partial charge is 0.112 e. The highest BCUT2D eigenvalue weighted by Gasteiger charge is 2.14. The van der Waals surface area contributed by atoms with Gasteiger partial charge in [-0.05, 0) is 18.1 Å². The molecule has 0 aliphatic rings. The minimum absolute atomic E-state index is 0.0628. The van der Waals surface area contributed by atoms with Gasteiger partial charge in [-0.2, -0.15) is 0 Å². The van der Waals surface area contributed by atoms with Crippen LogP contribution in [0.2, 0.25) is 0 Å². The Labute approximate surface area is 136 Å². The molecule has 0 spiro atoms. The molecular formula is C18H24N4O. The van der Waals surface area contributed by atoms with Crippen molar-refractivity contribution in [3.05, 3.63) is 47.4 Å². The van der Waals surface area contributed by atoms with Crippen molar-refractivity contribution < 1.29 is 5.11 Å². The normalized spacial score (nSPS) is 11.4. The molecule has 23 heavy (non-hydrogen) atoms. The number of aromatic nitrogens is 4. The summed E-state index contributed by atoms with van der Waals surface area (Å²) in [6.07, 6.45) is 7.56. The van der Waals surface area contributed by atoms with Gasteiger partial charge in [0.15, 0.2) is 0 Å². The summed E-state index contributed by atoms with van der Waals surface area (Å²) in [5, 5.41) is 19.2. The third-order valence-corrected chi connectivity index (χ3v) is 4.32. The minimum atomic E-state index is -0.0628. The Hall–Kier alpha value is -2.14. The lowest BCUT2D eigenvalue weighted by atomic mass is 10.1. The van der Waals surface area contributed by atoms with E-state index in [1.54, 1.807) is 0 Å². The standard InChI is InChI=1S/C18H24N4O/c1-2-3-4-7-10-22-18(17(13-23)20-21-22)11-14-12-19-16-9-6-5-8-15(14)16/h5-6,8-9,12,19,23H,2-4,7,10-11,13H2,1H3. The van der Waals surface area contributed by atoms with Crippen molar-refractivity contribution in [1.29, 1.82) is 0 Å². The molecule has 5 heteroatoms. The number of aromatic amines is 1. The molecule has 3 aromatic rings. The van der Waals surface area contributed by atoms with Gasteiger partial charge in [0.1, 0.15) is 5.69 Å². The lowest BCUT2D eigenvalue weighted by molar-refractivity contribution is 0.275. The second-order valence-electron chi connectivity index (χ2n) is 5.96. The summed E-state index contributed by atoms with van der Waals surface area (Å²) in [5.41, 5.74) is 4.06. The summed E-state index contributed by atoms with van der Waals surface area (Å²) in [4.78, 5) is 3.30. The van der Waals surface area contributed by atoms with Gasteiger partial charge in [0.25, 0.3) is 0 Å². The van der Waals surface area contributed by atoms with Gasteiger partial charge in [0, 0.05) is 30.1 Å². The maximum atomic E-state index is 9.56. The van der Waals surface area contributed by atoms with E-state index in [9.17, 15) is 5.11 Å². The summed E-state index contributed by atoms with van der Waals surface area (Å²) >= 11 is 0. The third-order valence-electron chi connectivity index (χ3n) is 4.32. The fraction of sp³-hybridized carbons (Fsp3) is 0.444. The Balaban J connectivity index is 1.82. The van der Waals surface area contributed by atoms with E-state index >= 15 is 0 Å². The van der Waals surface area contributed by atoms with Crippen LogP contribution in [0.4, 0.5) is 0 Å². The highest BCUT2D eigenvalue weighted by Crippen LogP contribution is 2.22. The molecule has 2 aromatic heterocycles. The van der Waals surface area contributed by atoms with Crippen molar-refractivity contribution in [3.63, 3.8) is 0 Å². The molecular weight excluding hydrogens is 288 g/mol. The van der Waals surface area contributed by atoms with Crippen LogP contribution in [-0.4, -0.2) is 25.1 Å². The highest BCUT2D eigenvalue weighted by molar-refractivity contribution is 5.83. The van der Waals surface area contributed by atoms with E-state index in [1.807, 2.05) is 23.0 Å². The van der Waals surface area contributed by atoms with Crippen molar-refractivity contribution in [1.82, 2.24) is 20.0 Å². The number of unbranched alkanes of at least 4 members (excludes halogenated alkanes) is 3. The predicted octanol–water partition coefficient (Wildman–Crippen LogP) is 3.42. The summed E-state index contributed by atoms with van der Waals surface area (Å²) in [6.45, 7) is 3.01. The highest BCUT2D eigenvalue weighted by atomic mass is 16.3. The van der Waals surface area contributed by atoms with Crippen LogP contribution in [-0.2, 0) is 19.6 Å². The molecule has 1 aromatic carbocycles. The molecule has 0 saturated heterocycles. The fourth-order valence-electron chi connectivity index (χ4n) is 3.01. The Morgan fingerprint density at radius 3 is 2.87 bits per heavy atom. The molecule has 0 aliphatic carbocycles. The van der Waals surface area contributed by atoms with Gasteiger partial charge in [-0.3, -0.25) is 0 Å². The molecule has 3 rings (SSSR count). The topological polar surface area (TPSA) is 66.7 Å².